The molecule has 0 spiro atoms. The molecule has 2 atom stereocenters. The van der Waals surface area contributed by atoms with Crippen LogP contribution in [0, 0.1) is 5.82 Å². The summed E-state index contributed by atoms with van der Waals surface area (Å²) in [6, 6.07) is 10.9. The zero-order valence-corrected chi connectivity index (χ0v) is 15.2. The first kappa shape index (κ1) is 19.6. The van der Waals surface area contributed by atoms with Gasteiger partial charge in [-0.1, -0.05) is 31.5 Å². The van der Waals surface area contributed by atoms with Crippen LogP contribution in [-0.2, 0) is 17.8 Å². The average Bonchev–Trinajstić information content (AvgIpc) is 3.02. The topological polar surface area (TPSA) is 38.8 Å². The lowest BCUT2D eigenvalue weighted by Gasteiger charge is -2.23. The molecule has 0 radical (unpaired) electrons. The summed E-state index contributed by atoms with van der Waals surface area (Å²) in [6.45, 7) is 5.57. The van der Waals surface area contributed by atoms with Crippen molar-refractivity contribution in [1.82, 2.24) is 4.57 Å². The second-order valence-corrected chi connectivity index (χ2v) is 6.54. The summed E-state index contributed by atoms with van der Waals surface area (Å²) >= 11 is 0. The molecule has 138 valence electrons. The number of nitrogens with zero attached hydrogens (tertiary/aromatic N) is 1. The van der Waals surface area contributed by atoms with Crippen molar-refractivity contribution in [1.29, 1.82) is 0 Å². The highest BCUT2D eigenvalue weighted by atomic mass is 19.1. The highest BCUT2D eigenvalue weighted by Crippen LogP contribution is 2.11. The molecular formula is C20H30FN2O2+. The fourth-order valence-corrected chi connectivity index (χ4v) is 3.11. The lowest BCUT2D eigenvalue weighted by Crippen LogP contribution is -3.12. The molecular weight excluding hydrogens is 319 g/mol. The van der Waals surface area contributed by atoms with Crippen LogP contribution < -0.4 is 4.90 Å². The van der Waals surface area contributed by atoms with Gasteiger partial charge in [0.15, 0.2) is 0 Å². The van der Waals surface area contributed by atoms with Gasteiger partial charge in [0, 0.05) is 18.9 Å². The number of methoxy groups -OCH3 is 1. The molecule has 5 heteroatoms. The summed E-state index contributed by atoms with van der Waals surface area (Å²) in [5.74, 6) is -0.177. The van der Waals surface area contributed by atoms with Crippen molar-refractivity contribution in [2.75, 3.05) is 26.8 Å². The van der Waals surface area contributed by atoms with E-state index >= 15 is 0 Å². The van der Waals surface area contributed by atoms with E-state index in [2.05, 4.69) is 17.6 Å². The van der Waals surface area contributed by atoms with Crippen LogP contribution in [0.25, 0.3) is 0 Å². The van der Waals surface area contributed by atoms with Crippen LogP contribution >= 0.6 is 0 Å². The SMILES string of the molecule is CCC[C@H](O)C[NH+](CCOC)Cc1cccn1Cc1ccccc1F. The van der Waals surface area contributed by atoms with Crippen LogP contribution in [0.15, 0.2) is 42.6 Å². The lowest BCUT2D eigenvalue weighted by atomic mass is 10.2. The fourth-order valence-electron chi connectivity index (χ4n) is 3.11. The van der Waals surface area contributed by atoms with Gasteiger partial charge < -0.3 is 19.3 Å². The quantitative estimate of drug-likeness (QED) is 0.650. The van der Waals surface area contributed by atoms with E-state index in [0.29, 0.717) is 25.3 Å². The molecule has 1 heterocycles. The number of nitrogens with one attached hydrogen (secondary N) is 1. The second-order valence-electron chi connectivity index (χ2n) is 6.54. The van der Waals surface area contributed by atoms with Gasteiger partial charge in [-0.25, -0.2) is 4.39 Å². The molecule has 2 N–H and O–H groups in total. The smallest absolute Gasteiger partial charge is 0.128 e. The Morgan fingerprint density at radius 3 is 2.76 bits per heavy atom. The third kappa shape index (κ3) is 6.27. The van der Waals surface area contributed by atoms with Gasteiger partial charge in [-0.15, -0.1) is 0 Å². The van der Waals surface area contributed by atoms with Crippen LogP contribution in [0.2, 0.25) is 0 Å². The van der Waals surface area contributed by atoms with Gasteiger partial charge in [0.1, 0.15) is 31.6 Å². The van der Waals surface area contributed by atoms with Crippen molar-refractivity contribution in [2.45, 2.75) is 39.0 Å². The van der Waals surface area contributed by atoms with Gasteiger partial charge in [-0.3, -0.25) is 0 Å². The Morgan fingerprint density at radius 2 is 2.04 bits per heavy atom. The van der Waals surface area contributed by atoms with E-state index in [1.165, 1.54) is 11.0 Å². The number of halogens is 1. The van der Waals surface area contributed by atoms with Crippen LogP contribution in [0.3, 0.4) is 0 Å². The Kier molecular flexibility index (Phi) is 8.12. The molecule has 4 nitrogen and oxygen atoms in total. The van der Waals surface area contributed by atoms with Gasteiger partial charge >= 0.3 is 0 Å². The summed E-state index contributed by atoms with van der Waals surface area (Å²) < 4.78 is 21.2. The van der Waals surface area contributed by atoms with Crippen LogP contribution in [0.1, 0.15) is 31.0 Å². The zero-order chi connectivity index (χ0) is 18.1. The minimum Gasteiger partial charge on any atom is -0.387 e. The molecule has 0 aliphatic rings. The first-order chi connectivity index (χ1) is 12.1. The van der Waals surface area contributed by atoms with E-state index in [1.54, 1.807) is 13.2 Å². The number of aliphatic hydroxyl groups is 1. The van der Waals surface area contributed by atoms with E-state index < -0.39 is 0 Å². The Hall–Kier alpha value is -1.69. The fraction of sp³-hybridized carbons (Fsp3) is 0.500. The van der Waals surface area contributed by atoms with Crippen molar-refractivity contribution >= 4 is 0 Å². The lowest BCUT2D eigenvalue weighted by molar-refractivity contribution is -0.917. The van der Waals surface area contributed by atoms with Crippen molar-refractivity contribution < 1.29 is 19.1 Å². The summed E-state index contributed by atoms with van der Waals surface area (Å²) in [6.07, 6.45) is 3.47. The highest BCUT2D eigenvalue weighted by Gasteiger charge is 2.17. The summed E-state index contributed by atoms with van der Waals surface area (Å²) in [5.41, 5.74) is 1.82. The number of hydrogen-bond donors (Lipinski definition) is 2. The summed E-state index contributed by atoms with van der Waals surface area (Å²) in [5, 5.41) is 10.2. The average molecular weight is 349 g/mol. The normalized spacial score (nSPS) is 13.8. The molecule has 25 heavy (non-hydrogen) atoms. The third-order valence-electron chi connectivity index (χ3n) is 4.46. The molecule has 0 saturated heterocycles. The molecule has 2 aromatic rings. The second kappa shape index (κ2) is 10.3. The minimum atomic E-state index is -0.299. The van der Waals surface area contributed by atoms with Crippen LogP contribution in [0.4, 0.5) is 4.39 Å². The van der Waals surface area contributed by atoms with E-state index in [1.807, 2.05) is 24.4 Å². The number of rotatable bonds is 11. The van der Waals surface area contributed by atoms with Crippen molar-refractivity contribution in [3.8, 4) is 0 Å². The summed E-state index contributed by atoms with van der Waals surface area (Å²) in [4.78, 5) is 1.27. The van der Waals surface area contributed by atoms with Crippen LogP contribution in [0.5, 0.6) is 0 Å². The third-order valence-corrected chi connectivity index (χ3v) is 4.46. The molecule has 1 aromatic heterocycles. The van der Waals surface area contributed by atoms with Crippen molar-refractivity contribution in [2.24, 2.45) is 0 Å². The summed E-state index contributed by atoms with van der Waals surface area (Å²) in [7, 11) is 1.70. The maximum Gasteiger partial charge on any atom is 0.128 e. The first-order valence-electron chi connectivity index (χ1n) is 9.02. The molecule has 1 aromatic carbocycles. The molecule has 0 aliphatic heterocycles. The molecule has 1 unspecified atom stereocenters. The molecule has 0 amide bonds. The van der Waals surface area contributed by atoms with Gasteiger partial charge in [0.05, 0.1) is 18.8 Å². The van der Waals surface area contributed by atoms with Crippen molar-refractivity contribution in [3.05, 3.63) is 59.7 Å². The number of aromatic nitrogens is 1. The minimum absolute atomic E-state index is 0.177. The molecule has 2 rings (SSSR count). The number of quaternary nitrogens is 1. The molecule has 0 bridgehead atoms. The van der Waals surface area contributed by atoms with E-state index in [9.17, 15) is 9.50 Å². The monoisotopic (exact) mass is 349 g/mol. The maximum atomic E-state index is 13.9. The largest absolute Gasteiger partial charge is 0.387 e. The highest BCUT2D eigenvalue weighted by molar-refractivity contribution is 5.19. The molecule has 0 aliphatic carbocycles. The van der Waals surface area contributed by atoms with Gasteiger partial charge in [0.2, 0.25) is 0 Å². The molecule has 0 saturated carbocycles. The van der Waals surface area contributed by atoms with Crippen LogP contribution in [-0.4, -0.2) is 42.6 Å². The van der Waals surface area contributed by atoms with E-state index in [0.717, 1.165) is 31.6 Å². The standard InChI is InChI=1S/C20H29FN2O2/c1-3-7-19(24)16-22(12-13-25-2)15-18-9-6-11-23(18)14-17-8-4-5-10-20(17)21/h4-6,8-11,19,24H,3,7,12-16H2,1-2H3/p+1/t19-/m0/s1. The predicted octanol–water partition coefficient (Wildman–Crippen LogP) is 1.87. The number of aliphatic hydroxyl groups excluding tert-OH is 1. The Morgan fingerprint density at radius 1 is 1.24 bits per heavy atom. The van der Waals surface area contributed by atoms with Crippen molar-refractivity contribution in [3.63, 3.8) is 0 Å². The molecule has 0 fully saturated rings. The Labute approximate surface area is 149 Å². The predicted molar refractivity (Wildman–Crippen MR) is 97.1 cm³/mol. The first-order valence-corrected chi connectivity index (χ1v) is 9.02. The number of hydrogen-bond acceptors (Lipinski definition) is 2. The number of benzene rings is 1. The van der Waals surface area contributed by atoms with E-state index in [-0.39, 0.29) is 11.9 Å². The van der Waals surface area contributed by atoms with Gasteiger partial charge in [0.25, 0.3) is 0 Å². The Balaban J connectivity index is 2.06. The Bertz CT molecular complexity index is 630. The van der Waals surface area contributed by atoms with Gasteiger partial charge in [-0.2, -0.15) is 0 Å². The van der Waals surface area contributed by atoms with E-state index in [4.69, 9.17) is 4.74 Å². The zero-order valence-electron chi connectivity index (χ0n) is 15.2. The van der Waals surface area contributed by atoms with Gasteiger partial charge in [-0.05, 0) is 24.6 Å². The maximum absolute atomic E-state index is 13.9. The number of ether oxygens (including phenoxy) is 1.